The Balaban J connectivity index is 3.17. The van der Waals surface area contributed by atoms with E-state index in [-0.39, 0.29) is 0 Å². The second-order valence-corrected chi connectivity index (χ2v) is 2.35. The van der Waals surface area contributed by atoms with Crippen LogP contribution in [-0.2, 0) is 0 Å². The summed E-state index contributed by atoms with van der Waals surface area (Å²) in [5, 5.41) is 8.99. The molecule has 0 spiro atoms. The van der Waals surface area contributed by atoms with Gasteiger partial charge in [0.1, 0.15) is 5.75 Å². The standard InChI is InChI=1S/C8H10O/c1-6-3-7(2)5-8(9)4-6/h3-5,9H,1-2H3/i4+1,5+1,8+1. The summed E-state index contributed by atoms with van der Waals surface area (Å²) in [4.78, 5) is 0. The molecule has 0 aliphatic carbocycles. The lowest BCUT2D eigenvalue weighted by molar-refractivity contribution is 0.474. The smallest absolute Gasteiger partial charge is 0.116 e. The number of phenols is 1. The van der Waals surface area contributed by atoms with Gasteiger partial charge in [-0.1, -0.05) is 6.07 Å². The van der Waals surface area contributed by atoms with E-state index in [2.05, 4.69) is 0 Å². The van der Waals surface area contributed by atoms with Crippen LogP contribution < -0.4 is 0 Å². The van der Waals surface area contributed by atoms with Gasteiger partial charge >= 0.3 is 0 Å². The highest BCUT2D eigenvalue weighted by Gasteiger charge is 1.89. The van der Waals surface area contributed by atoms with Crippen molar-refractivity contribution in [2.24, 2.45) is 0 Å². The average Bonchev–Trinajstić information content (AvgIpc) is 1.59. The van der Waals surface area contributed by atoms with Crippen LogP contribution in [0.5, 0.6) is 5.75 Å². The topological polar surface area (TPSA) is 20.2 Å². The van der Waals surface area contributed by atoms with Crippen molar-refractivity contribution in [3.63, 3.8) is 0 Å². The lowest BCUT2D eigenvalue weighted by Crippen LogP contribution is -1.74. The summed E-state index contributed by atoms with van der Waals surface area (Å²) in [6, 6.07) is 5.51. The van der Waals surface area contributed by atoms with Crippen LogP contribution in [0.15, 0.2) is 18.2 Å². The SMILES string of the molecule is Cc1cc(C)[13cH][13c](O)[13cH]1. The molecule has 1 N–H and O–H groups in total. The van der Waals surface area contributed by atoms with Gasteiger partial charge in [0.25, 0.3) is 0 Å². The third-order valence-electron chi connectivity index (χ3n) is 1.21. The molecule has 0 unspecified atom stereocenters. The molecule has 1 aromatic carbocycles. The summed E-state index contributed by atoms with van der Waals surface area (Å²) in [6.07, 6.45) is 0. The van der Waals surface area contributed by atoms with Crippen molar-refractivity contribution in [2.45, 2.75) is 13.8 Å². The van der Waals surface area contributed by atoms with Gasteiger partial charge in [-0.25, -0.2) is 0 Å². The van der Waals surface area contributed by atoms with Crippen LogP contribution in [0.1, 0.15) is 11.1 Å². The van der Waals surface area contributed by atoms with Gasteiger partial charge in [-0.3, -0.25) is 0 Å². The molecule has 1 rings (SSSR count). The van der Waals surface area contributed by atoms with E-state index in [1.165, 1.54) is 0 Å². The molecule has 0 aliphatic rings. The highest BCUT2D eigenvalue weighted by Crippen LogP contribution is 2.13. The molecule has 48 valence electrons. The Kier molecular flexibility index (Phi) is 1.43. The molecule has 1 heteroatoms. The minimum Gasteiger partial charge on any atom is -0.508 e. The second-order valence-electron chi connectivity index (χ2n) is 2.35. The molecule has 0 fully saturated rings. The van der Waals surface area contributed by atoms with Crippen LogP contribution in [0.2, 0.25) is 0 Å². The third-order valence-corrected chi connectivity index (χ3v) is 1.21. The van der Waals surface area contributed by atoms with E-state index < -0.39 is 0 Å². The van der Waals surface area contributed by atoms with Gasteiger partial charge in [-0.15, -0.1) is 0 Å². The molecule has 0 amide bonds. The quantitative estimate of drug-likeness (QED) is 0.562. The van der Waals surface area contributed by atoms with Crippen molar-refractivity contribution >= 4 is 0 Å². The molecule has 0 saturated heterocycles. The van der Waals surface area contributed by atoms with E-state index >= 15 is 0 Å². The summed E-state index contributed by atoms with van der Waals surface area (Å²) < 4.78 is 0. The first kappa shape index (κ1) is 6.14. The first-order chi connectivity index (χ1) is 4.18. The molecule has 1 aromatic rings. The Labute approximate surface area is 55.0 Å². The van der Waals surface area contributed by atoms with Gasteiger partial charge in [-0.05, 0) is 37.1 Å². The average molecular weight is 125 g/mol. The Morgan fingerprint density at radius 2 is 1.44 bits per heavy atom. The lowest BCUT2D eigenvalue weighted by atomic mass is 10.3. The zero-order valence-electron chi connectivity index (χ0n) is 5.68. The van der Waals surface area contributed by atoms with Crippen LogP contribution in [0.3, 0.4) is 0 Å². The molecule has 0 aliphatic heterocycles. The molecule has 0 bridgehead atoms. The number of hydrogen-bond donors (Lipinski definition) is 1. The van der Waals surface area contributed by atoms with E-state index in [1.807, 2.05) is 19.9 Å². The zero-order chi connectivity index (χ0) is 6.85. The maximum atomic E-state index is 8.99. The van der Waals surface area contributed by atoms with E-state index in [0.717, 1.165) is 11.1 Å². The van der Waals surface area contributed by atoms with Gasteiger partial charge in [0.15, 0.2) is 0 Å². The predicted molar refractivity (Wildman–Crippen MR) is 37.6 cm³/mol. The van der Waals surface area contributed by atoms with Gasteiger partial charge in [0, 0.05) is 0 Å². The minimum atomic E-state index is 0.354. The fraction of sp³-hybridized carbons (Fsp3) is 0.250. The van der Waals surface area contributed by atoms with E-state index in [1.54, 1.807) is 12.1 Å². The Morgan fingerprint density at radius 1 is 1.00 bits per heavy atom. The molecule has 1 nitrogen and oxygen atoms in total. The fourth-order valence-electron chi connectivity index (χ4n) is 0.951. The predicted octanol–water partition coefficient (Wildman–Crippen LogP) is 2.01. The number of aryl methyl sites for hydroxylation is 2. The summed E-state index contributed by atoms with van der Waals surface area (Å²) in [7, 11) is 0. The van der Waals surface area contributed by atoms with E-state index in [4.69, 9.17) is 5.11 Å². The zero-order valence-corrected chi connectivity index (χ0v) is 5.68. The summed E-state index contributed by atoms with van der Waals surface area (Å²) in [5.41, 5.74) is 2.21. The number of phenolic OH excluding ortho intramolecular Hbond substituents is 1. The Hall–Kier alpha value is -0.980. The summed E-state index contributed by atoms with van der Waals surface area (Å²) in [5.74, 6) is 0.354. The van der Waals surface area contributed by atoms with Crippen molar-refractivity contribution < 1.29 is 5.11 Å². The highest BCUT2D eigenvalue weighted by atomic mass is 16.3. The lowest BCUT2D eigenvalue weighted by Gasteiger charge is -1.95. The van der Waals surface area contributed by atoms with Gasteiger partial charge in [0.2, 0.25) is 0 Å². The van der Waals surface area contributed by atoms with Gasteiger partial charge < -0.3 is 5.11 Å². The van der Waals surface area contributed by atoms with Crippen molar-refractivity contribution in [1.29, 1.82) is 0 Å². The summed E-state index contributed by atoms with van der Waals surface area (Å²) >= 11 is 0. The first-order valence-electron chi connectivity index (χ1n) is 2.96. The number of benzene rings is 1. The van der Waals surface area contributed by atoms with E-state index in [9.17, 15) is 0 Å². The van der Waals surface area contributed by atoms with Gasteiger partial charge in [0.05, 0.1) is 0 Å². The normalized spacial score (nSPS) is 9.56. The van der Waals surface area contributed by atoms with Crippen molar-refractivity contribution in [1.82, 2.24) is 0 Å². The van der Waals surface area contributed by atoms with Crippen molar-refractivity contribution in [3.05, 3.63) is 29.3 Å². The van der Waals surface area contributed by atoms with Crippen molar-refractivity contribution in [3.8, 4) is 5.75 Å². The second kappa shape index (κ2) is 2.09. The first-order valence-corrected chi connectivity index (χ1v) is 2.96. The van der Waals surface area contributed by atoms with Crippen LogP contribution in [0.25, 0.3) is 0 Å². The Morgan fingerprint density at radius 3 is 1.78 bits per heavy atom. The molecule has 0 atom stereocenters. The molecular weight excluding hydrogens is 115 g/mol. The number of hydrogen-bond acceptors (Lipinski definition) is 1. The highest BCUT2D eigenvalue weighted by molar-refractivity contribution is 5.31. The fourth-order valence-corrected chi connectivity index (χ4v) is 0.951. The summed E-state index contributed by atoms with van der Waals surface area (Å²) in [6.45, 7) is 3.93. The van der Waals surface area contributed by atoms with Crippen LogP contribution in [0, 0.1) is 13.8 Å². The molecule has 0 aromatic heterocycles. The monoisotopic (exact) mass is 125 g/mol. The maximum absolute atomic E-state index is 8.99. The molecular formula is C8H10O. The number of aromatic hydroxyl groups is 1. The van der Waals surface area contributed by atoms with Crippen LogP contribution in [-0.4, -0.2) is 5.11 Å². The van der Waals surface area contributed by atoms with Crippen LogP contribution >= 0.6 is 0 Å². The molecule has 9 heavy (non-hydrogen) atoms. The van der Waals surface area contributed by atoms with E-state index in [0.29, 0.717) is 5.75 Å². The van der Waals surface area contributed by atoms with Crippen LogP contribution in [0.4, 0.5) is 0 Å². The third kappa shape index (κ3) is 1.46. The molecule has 0 saturated carbocycles. The maximum Gasteiger partial charge on any atom is 0.116 e. The van der Waals surface area contributed by atoms with Gasteiger partial charge in [-0.2, -0.15) is 0 Å². The Bertz CT molecular complexity index is 165. The molecule has 0 radical (unpaired) electrons. The van der Waals surface area contributed by atoms with Crippen molar-refractivity contribution in [2.75, 3.05) is 0 Å². The minimum absolute atomic E-state index is 0.354. The largest absolute Gasteiger partial charge is 0.508 e. The molecule has 0 heterocycles. The number of rotatable bonds is 0.